The fourth-order valence-corrected chi connectivity index (χ4v) is 3.27. The van der Waals surface area contributed by atoms with Gasteiger partial charge in [0.1, 0.15) is 6.07 Å². The van der Waals surface area contributed by atoms with Crippen molar-refractivity contribution in [3.63, 3.8) is 0 Å². The van der Waals surface area contributed by atoms with Crippen LogP contribution < -0.4 is 4.72 Å². The summed E-state index contributed by atoms with van der Waals surface area (Å²) in [6.45, 7) is 1.77. The van der Waals surface area contributed by atoms with Crippen LogP contribution in [0.2, 0.25) is 0 Å². The summed E-state index contributed by atoms with van der Waals surface area (Å²) in [4.78, 5) is 4.08. The van der Waals surface area contributed by atoms with Crippen molar-refractivity contribution < 1.29 is 8.42 Å². The molecule has 0 saturated carbocycles. The Labute approximate surface area is 125 Å². The molecule has 0 aliphatic carbocycles. The van der Waals surface area contributed by atoms with Crippen molar-refractivity contribution in [1.29, 1.82) is 5.26 Å². The van der Waals surface area contributed by atoms with Gasteiger partial charge in [0.15, 0.2) is 0 Å². The van der Waals surface area contributed by atoms with Gasteiger partial charge in [0, 0.05) is 16.4 Å². The summed E-state index contributed by atoms with van der Waals surface area (Å²) in [5.41, 5.74) is 1.54. The van der Waals surface area contributed by atoms with Gasteiger partial charge in [0.05, 0.1) is 16.1 Å². The second-order valence-corrected chi connectivity index (χ2v) is 6.58. The zero-order valence-electron chi connectivity index (χ0n) is 10.5. The van der Waals surface area contributed by atoms with Crippen LogP contribution in [-0.2, 0) is 10.0 Å². The summed E-state index contributed by atoms with van der Waals surface area (Å²) >= 11 is 3.17. The normalized spacial score (nSPS) is 10.8. The zero-order chi connectivity index (χ0) is 14.8. The maximum absolute atomic E-state index is 12.2. The van der Waals surface area contributed by atoms with Crippen molar-refractivity contribution >= 4 is 31.6 Å². The number of halogens is 1. The minimum atomic E-state index is -3.69. The lowest BCUT2D eigenvalue weighted by molar-refractivity contribution is 0.601. The van der Waals surface area contributed by atoms with E-state index in [9.17, 15) is 8.42 Å². The molecule has 2 rings (SSSR count). The number of aromatic nitrogens is 1. The van der Waals surface area contributed by atoms with Crippen LogP contribution in [0.15, 0.2) is 45.9 Å². The van der Waals surface area contributed by atoms with Crippen molar-refractivity contribution in [3.05, 3.63) is 52.3 Å². The summed E-state index contributed by atoms with van der Waals surface area (Å²) in [7, 11) is -3.69. The van der Waals surface area contributed by atoms with Gasteiger partial charge < -0.3 is 0 Å². The monoisotopic (exact) mass is 351 g/mol. The molecule has 5 nitrogen and oxygen atoms in total. The molecule has 0 aliphatic rings. The SMILES string of the molecule is Cc1cc(NS(=O)(=O)c2ccc(C#N)c(Br)c2)ccn1. The first kappa shape index (κ1) is 14.5. The number of nitrogens with one attached hydrogen (secondary N) is 1. The molecule has 0 amide bonds. The standard InChI is InChI=1S/C13H10BrN3O2S/c1-9-6-11(4-5-16-9)17-20(18,19)12-3-2-10(8-15)13(14)7-12/h2-7H,1H3,(H,16,17). The lowest BCUT2D eigenvalue weighted by Gasteiger charge is -2.09. The molecule has 1 N–H and O–H groups in total. The van der Waals surface area contributed by atoms with E-state index < -0.39 is 10.0 Å². The highest BCUT2D eigenvalue weighted by molar-refractivity contribution is 9.10. The molecule has 0 unspecified atom stereocenters. The molecule has 0 atom stereocenters. The van der Waals surface area contributed by atoms with Crippen molar-refractivity contribution in [2.45, 2.75) is 11.8 Å². The van der Waals surface area contributed by atoms with Crippen LogP contribution in [0.4, 0.5) is 5.69 Å². The number of rotatable bonds is 3. The number of pyridine rings is 1. The molecule has 102 valence electrons. The van der Waals surface area contributed by atoms with Crippen LogP contribution in [0.3, 0.4) is 0 Å². The molecule has 0 saturated heterocycles. The van der Waals surface area contributed by atoms with Crippen molar-refractivity contribution in [1.82, 2.24) is 4.98 Å². The second kappa shape index (κ2) is 5.61. The summed E-state index contributed by atoms with van der Waals surface area (Å²) < 4.78 is 27.4. The fourth-order valence-electron chi connectivity index (χ4n) is 1.58. The predicted octanol–water partition coefficient (Wildman–Crippen LogP) is 2.83. The highest BCUT2D eigenvalue weighted by Crippen LogP contribution is 2.22. The van der Waals surface area contributed by atoms with Crippen LogP contribution in [0, 0.1) is 18.3 Å². The van der Waals surface area contributed by atoms with E-state index >= 15 is 0 Å². The maximum atomic E-state index is 12.2. The zero-order valence-corrected chi connectivity index (χ0v) is 12.9. The summed E-state index contributed by atoms with van der Waals surface area (Å²) in [5.74, 6) is 0. The molecule has 0 bridgehead atoms. The number of aryl methyl sites for hydroxylation is 1. The van der Waals surface area contributed by atoms with Gasteiger partial charge in [-0.1, -0.05) is 0 Å². The molecule has 0 radical (unpaired) electrons. The average molecular weight is 352 g/mol. The van der Waals surface area contributed by atoms with Crippen LogP contribution in [-0.4, -0.2) is 13.4 Å². The van der Waals surface area contributed by atoms with E-state index in [2.05, 4.69) is 25.6 Å². The van der Waals surface area contributed by atoms with Gasteiger partial charge in [-0.05, 0) is 53.2 Å². The predicted molar refractivity (Wildman–Crippen MR) is 78.6 cm³/mol. The van der Waals surface area contributed by atoms with Crippen molar-refractivity contribution in [2.75, 3.05) is 4.72 Å². The maximum Gasteiger partial charge on any atom is 0.261 e. The van der Waals surface area contributed by atoms with Gasteiger partial charge in [0.2, 0.25) is 0 Å². The smallest absolute Gasteiger partial charge is 0.261 e. The Kier molecular flexibility index (Phi) is 4.06. The molecule has 7 heteroatoms. The van der Waals surface area contributed by atoms with E-state index in [1.54, 1.807) is 19.1 Å². The van der Waals surface area contributed by atoms with E-state index in [1.807, 2.05) is 6.07 Å². The third-order valence-corrected chi connectivity index (χ3v) is 4.56. The number of nitrogens with zero attached hydrogens (tertiary/aromatic N) is 2. The number of benzene rings is 1. The Balaban J connectivity index is 2.36. The lowest BCUT2D eigenvalue weighted by Crippen LogP contribution is -2.13. The summed E-state index contributed by atoms with van der Waals surface area (Å²) in [6.07, 6.45) is 1.53. The van der Waals surface area contributed by atoms with Crippen molar-refractivity contribution in [3.8, 4) is 6.07 Å². The summed E-state index contributed by atoms with van der Waals surface area (Å²) in [5, 5.41) is 8.83. The highest BCUT2D eigenvalue weighted by atomic mass is 79.9. The van der Waals surface area contributed by atoms with Gasteiger partial charge in [-0.25, -0.2) is 8.42 Å². The Morgan fingerprint density at radius 2 is 2.05 bits per heavy atom. The van der Waals surface area contributed by atoms with Gasteiger partial charge in [0.25, 0.3) is 10.0 Å². The highest BCUT2D eigenvalue weighted by Gasteiger charge is 2.15. The minimum absolute atomic E-state index is 0.0813. The van der Waals surface area contributed by atoms with Gasteiger partial charge in [-0.2, -0.15) is 5.26 Å². The number of hydrogen-bond donors (Lipinski definition) is 1. The van der Waals surface area contributed by atoms with E-state index in [0.29, 0.717) is 21.4 Å². The van der Waals surface area contributed by atoms with Crippen LogP contribution >= 0.6 is 15.9 Å². The second-order valence-electron chi connectivity index (χ2n) is 4.04. The molecule has 1 heterocycles. The molecular formula is C13H10BrN3O2S. The first-order valence-corrected chi connectivity index (χ1v) is 7.85. The van der Waals surface area contributed by atoms with Gasteiger partial charge in [-0.3, -0.25) is 9.71 Å². The molecule has 0 spiro atoms. The third-order valence-electron chi connectivity index (χ3n) is 2.52. The number of anilines is 1. The molecule has 0 aliphatic heterocycles. The first-order valence-electron chi connectivity index (χ1n) is 5.57. The molecule has 1 aromatic carbocycles. The molecule has 2 aromatic rings. The van der Waals surface area contributed by atoms with Crippen LogP contribution in [0.25, 0.3) is 0 Å². The average Bonchev–Trinajstić information content (AvgIpc) is 2.38. The lowest BCUT2D eigenvalue weighted by atomic mass is 10.2. The summed E-state index contributed by atoms with van der Waals surface area (Å²) in [6, 6.07) is 9.41. The fraction of sp³-hybridized carbons (Fsp3) is 0.0769. The molecule has 20 heavy (non-hydrogen) atoms. The van der Waals surface area contributed by atoms with Crippen LogP contribution in [0.1, 0.15) is 11.3 Å². The molecule has 1 aromatic heterocycles. The largest absolute Gasteiger partial charge is 0.280 e. The Morgan fingerprint density at radius 3 is 2.65 bits per heavy atom. The van der Waals surface area contributed by atoms with E-state index in [1.165, 1.54) is 24.4 Å². The first-order chi connectivity index (χ1) is 9.42. The minimum Gasteiger partial charge on any atom is -0.280 e. The quantitative estimate of drug-likeness (QED) is 0.921. The number of sulfonamides is 1. The van der Waals surface area contributed by atoms with Gasteiger partial charge in [-0.15, -0.1) is 0 Å². The topological polar surface area (TPSA) is 82.9 Å². The Hall–Kier alpha value is -1.91. The van der Waals surface area contributed by atoms with Crippen LogP contribution in [0.5, 0.6) is 0 Å². The Bertz CT molecular complexity index is 798. The van der Waals surface area contributed by atoms with E-state index in [4.69, 9.17) is 5.26 Å². The van der Waals surface area contributed by atoms with E-state index in [0.717, 1.165) is 0 Å². The van der Waals surface area contributed by atoms with Crippen molar-refractivity contribution in [2.24, 2.45) is 0 Å². The number of hydrogen-bond acceptors (Lipinski definition) is 4. The number of nitriles is 1. The third kappa shape index (κ3) is 3.15. The molecular weight excluding hydrogens is 342 g/mol. The molecule has 0 fully saturated rings. The van der Waals surface area contributed by atoms with Gasteiger partial charge >= 0.3 is 0 Å². The van der Waals surface area contributed by atoms with E-state index in [-0.39, 0.29) is 4.90 Å². The Morgan fingerprint density at radius 1 is 1.30 bits per heavy atom.